The minimum atomic E-state index is 0.0960. The number of carbonyl (C=O) groups is 1. The Morgan fingerprint density at radius 2 is 2.40 bits per heavy atom. The Morgan fingerprint density at radius 1 is 1.60 bits per heavy atom. The van der Waals surface area contributed by atoms with Gasteiger partial charge in [-0.1, -0.05) is 19.4 Å². The molecule has 1 N–H and O–H groups in total. The normalized spacial score (nSPS) is 22.3. The predicted octanol–water partition coefficient (Wildman–Crippen LogP) is 1.55. The van der Waals surface area contributed by atoms with E-state index in [0.717, 1.165) is 25.9 Å². The molecule has 0 spiro atoms. The van der Waals surface area contributed by atoms with E-state index in [2.05, 4.69) is 23.7 Å². The molecule has 0 radical (unpaired) electrons. The fourth-order valence-corrected chi connectivity index (χ4v) is 2.13. The summed E-state index contributed by atoms with van der Waals surface area (Å²) in [6.07, 6.45) is 6.25. The molecule has 1 saturated heterocycles. The summed E-state index contributed by atoms with van der Waals surface area (Å²) in [5, 5.41) is 2.89. The van der Waals surface area contributed by atoms with Crippen LogP contribution in [0.25, 0.3) is 0 Å². The van der Waals surface area contributed by atoms with Crippen molar-refractivity contribution in [3.05, 3.63) is 12.7 Å². The molecule has 86 valence electrons. The summed E-state index contributed by atoms with van der Waals surface area (Å²) in [6.45, 7) is 8.45. The zero-order valence-corrected chi connectivity index (χ0v) is 9.67. The topological polar surface area (TPSA) is 32.3 Å². The maximum Gasteiger partial charge on any atom is 0.237 e. The molecule has 3 heteroatoms. The summed E-state index contributed by atoms with van der Waals surface area (Å²) in [5.74, 6) is 0.169. The van der Waals surface area contributed by atoms with Crippen molar-refractivity contribution in [2.45, 2.75) is 38.6 Å². The number of nitrogens with zero attached hydrogens (tertiary/aromatic N) is 1. The maximum atomic E-state index is 11.8. The maximum absolute atomic E-state index is 11.8. The van der Waals surface area contributed by atoms with Crippen LogP contribution >= 0.6 is 0 Å². The Bertz CT molecular complexity index is 214. The van der Waals surface area contributed by atoms with E-state index in [1.54, 1.807) is 6.08 Å². The first-order valence-corrected chi connectivity index (χ1v) is 5.92. The zero-order valence-electron chi connectivity index (χ0n) is 9.67. The van der Waals surface area contributed by atoms with Crippen LogP contribution in [0, 0.1) is 0 Å². The number of hydrogen-bond donors (Lipinski definition) is 1. The monoisotopic (exact) mass is 210 g/mol. The molecule has 15 heavy (non-hydrogen) atoms. The van der Waals surface area contributed by atoms with Crippen molar-refractivity contribution in [3.63, 3.8) is 0 Å². The van der Waals surface area contributed by atoms with Gasteiger partial charge in [0.05, 0.1) is 6.04 Å². The minimum Gasteiger partial charge on any atom is -0.351 e. The largest absolute Gasteiger partial charge is 0.351 e. The number of hydrogen-bond acceptors (Lipinski definition) is 2. The lowest BCUT2D eigenvalue weighted by molar-refractivity contribution is -0.127. The lowest BCUT2D eigenvalue weighted by Crippen LogP contribution is -2.49. The van der Waals surface area contributed by atoms with E-state index in [1.807, 2.05) is 0 Å². The Balaban J connectivity index is 2.46. The van der Waals surface area contributed by atoms with Crippen LogP contribution in [0.15, 0.2) is 12.7 Å². The van der Waals surface area contributed by atoms with Crippen molar-refractivity contribution < 1.29 is 4.79 Å². The summed E-state index contributed by atoms with van der Waals surface area (Å²) in [7, 11) is 0. The van der Waals surface area contributed by atoms with Gasteiger partial charge in [0, 0.05) is 6.54 Å². The zero-order chi connectivity index (χ0) is 11.1. The van der Waals surface area contributed by atoms with Crippen LogP contribution in [-0.4, -0.2) is 36.5 Å². The summed E-state index contributed by atoms with van der Waals surface area (Å²) in [5.41, 5.74) is 0. The van der Waals surface area contributed by atoms with E-state index < -0.39 is 0 Å². The quantitative estimate of drug-likeness (QED) is 0.698. The lowest BCUT2D eigenvalue weighted by Gasteiger charge is -2.34. The summed E-state index contributed by atoms with van der Waals surface area (Å²) in [6, 6.07) is 0.0960. The van der Waals surface area contributed by atoms with Gasteiger partial charge in [-0.2, -0.15) is 0 Å². The molecule has 1 heterocycles. The molecule has 1 aliphatic heterocycles. The first kappa shape index (κ1) is 12.2. The van der Waals surface area contributed by atoms with Crippen LogP contribution in [0.2, 0.25) is 0 Å². The average Bonchev–Trinajstić information content (AvgIpc) is 2.27. The molecule has 0 aromatic carbocycles. The highest BCUT2D eigenvalue weighted by Gasteiger charge is 2.27. The molecule has 1 fully saturated rings. The molecule has 1 atom stereocenters. The highest BCUT2D eigenvalue weighted by atomic mass is 16.2. The molecule has 3 nitrogen and oxygen atoms in total. The number of rotatable bonds is 5. The SMILES string of the molecule is C=CCNC(=O)[C@@H]1CCCCN1CCC. The van der Waals surface area contributed by atoms with Crippen LogP contribution in [0.3, 0.4) is 0 Å². The van der Waals surface area contributed by atoms with E-state index in [1.165, 1.54) is 12.8 Å². The third-order valence-electron chi connectivity index (χ3n) is 2.85. The molecule has 1 rings (SSSR count). The highest BCUT2D eigenvalue weighted by molar-refractivity contribution is 5.81. The van der Waals surface area contributed by atoms with E-state index in [9.17, 15) is 4.79 Å². The Hall–Kier alpha value is -0.830. The van der Waals surface area contributed by atoms with E-state index in [0.29, 0.717) is 6.54 Å². The molecular weight excluding hydrogens is 188 g/mol. The number of piperidine rings is 1. The van der Waals surface area contributed by atoms with Gasteiger partial charge in [0.25, 0.3) is 0 Å². The second kappa shape index (κ2) is 6.62. The van der Waals surface area contributed by atoms with Crippen molar-refractivity contribution >= 4 is 5.91 Å². The first-order valence-electron chi connectivity index (χ1n) is 5.92. The van der Waals surface area contributed by atoms with E-state index >= 15 is 0 Å². The van der Waals surface area contributed by atoms with Gasteiger partial charge in [-0.25, -0.2) is 0 Å². The molecule has 1 aliphatic rings. The molecular formula is C12H22N2O. The third-order valence-corrected chi connectivity index (χ3v) is 2.85. The Kier molecular flexibility index (Phi) is 5.40. The standard InChI is InChI=1S/C12H22N2O/c1-3-8-13-12(15)11-7-5-6-10-14(11)9-4-2/h3,11H,1,4-10H2,2H3,(H,13,15)/t11-/m0/s1. The van der Waals surface area contributed by atoms with Crippen molar-refractivity contribution in [2.75, 3.05) is 19.6 Å². The highest BCUT2D eigenvalue weighted by Crippen LogP contribution is 2.17. The predicted molar refractivity (Wildman–Crippen MR) is 62.7 cm³/mol. The molecule has 0 bridgehead atoms. The minimum absolute atomic E-state index is 0.0960. The van der Waals surface area contributed by atoms with Gasteiger partial charge in [-0.05, 0) is 32.4 Å². The van der Waals surface area contributed by atoms with Crippen LogP contribution in [0.5, 0.6) is 0 Å². The number of nitrogens with one attached hydrogen (secondary N) is 1. The number of amides is 1. The fraction of sp³-hybridized carbons (Fsp3) is 0.750. The Labute approximate surface area is 92.5 Å². The Morgan fingerprint density at radius 3 is 3.07 bits per heavy atom. The van der Waals surface area contributed by atoms with Gasteiger partial charge >= 0.3 is 0 Å². The van der Waals surface area contributed by atoms with Gasteiger partial charge in [-0.15, -0.1) is 6.58 Å². The van der Waals surface area contributed by atoms with Crippen LogP contribution in [0.4, 0.5) is 0 Å². The molecule has 0 aromatic heterocycles. The molecule has 0 saturated carbocycles. The van der Waals surface area contributed by atoms with Crippen LogP contribution < -0.4 is 5.32 Å². The van der Waals surface area contributed by atoms with E-state index in [-0.39, 0.29) is 11.9 Å². The van der Waals surface area contributed by atoms with Crippen molar-refractivity contribution in [2.24, 2.45) is 0 Å². The first-order chi connectivity index (χ1) is 7.29. The summed E-state index contributed by atoms with van der Waals surface area (Å²) < 4.78 is 0. The molecule has 1 amide bonds. The van der Waals surface area contributed by atoms with Gasteiger partial charge < -0.3 is 5.32 Å². The van der Waals surface area contributed by atoms with Crippen molar-refractivity contribution in [3.8, 4) is 0 Å². The second-order valence-corrected chi connectivity index (χ2v) is 4.08. The van der Waals surface area contributed by atoms with Crippen LogP contribution in [-0.2, 0) is 4.79 Å². The fourth-order valence-electron chi connectivity index (χ4n) is 2.13. The molecule has 0 unspecified atom stereocenters. The third kappa shape index (κ3) is 3.67. The summed E-state index contributed by atoms with van der Waals surface area (Å²) in [4.78, 5) is 14.1. The number of carbonyl (C=O) groups excluding carboxylic acids is 1. The van der Waals surface area contributed by atoms with Gasteiger partial charge in [0.2, 0.25) is 5.91 Å². The molecule has 0 aromatic rings. The summed E-state index contributed by atoms with van der Waals surface area (Å²) >= 11 is 0. The molecule has 0 aliphatic carbocycles. The lowest BCUT2D eigenvalue weighted by atomic mass is 10.0. The van der Waals surface area contributed by atoms with Crippen molar-refractivity contribution in [1.82, 2.24) is 10.2 Å². The van der Waals surface area contributed by atoms with E-state index in [4.69, 9.17) is 0 Å². The average molecular weight is 210 g/mol. The van der Waals surface area contributed by atoms with Crippen LogP contribution in [0.1, 0.15) is 32.6 Å². The van der Waals surface area contributed by atoms with Gasteiger partial charge in [0.1, 0.15) is 0 Å². The van der Waals surface area contributed by atoms with Crippen molar-refractivity contribution in [1.29, 1.82) is 0 Å². The number of likely N-dealkylation sites (tertiary alicyclic amines) is 1. The second-order valence-electron chi connectivity index (χ2n) is 4.08. The van der Waals surface area contributed by atoms with Gasteiger partial charge in [0.15, 0.2) is 0 Å². The van der Waals surface area contributed by atoms with Gasteiger partial charge in [-0.3, -0.25) is 9.69 Å². The smallest absolute Gasteiger partial charge is 0.237 e.